The summed E-state index contributed by atoms with van der Waals surface area (Å²) in [6, 6.07) is 0.596. The fourth-order valence-corrected chi connectivity index (χ4v) is 3.49. The van der Waals surface area contributed by atoms with Crippen molar-refractivity contribution in [2.75, 3.05) is 38.1 Å². The minimum absolute atomic E-state index is 0.353. The fourth-order valence-electron chi connectivity index (χ4n) is 3.49. The van der Waals surface area contributed by atoms with Gasteiger partial charge < -0.3 is 24.8 Å². The summed E-state index contributed by atoms with van der Waals surface area (Å²) in [5, 5.41) is 0. The molecular weight excluding hydrogens is 329 g/mol. The quantitative estimate of drug-likeness (QED) is 0.771. The van der Waals surface area contributed by atoms with Gasteiger partial charge in [0.05, 0.1) is 11.2 Å². The van der Waals surface area contributed by atoms with Gasteiger partial charge in [0.15, 0.2) is 0 Å². The molecule has 26 heavy (non-hydrogen) atoms. The number of hydrogen-bond donors (Lipinski definition) is 1. The Balaban J connectivity index is 1.59. The summed E-state index contributed by atoms with van der Waals surface area (Å²) in [6.45, 7) is 11.8. The molecule has 0 saturated carbocycles. The molecule has 2 fully saturated rings. The normalized spacial score (nSPS) is 23.0. The van der Waals surface area contributed by atoms with Crippen LogP contribution in [0.25, 0.3) is 0 Å². The summed E-state index contributed by atoms with van der Waals surface area (Å²) < 4.78 is 12.1. The molecular formula is C18H32BN5O2. The van der Waals surface area contributed by atoms with E-state index >= 15 is 0 Å². The first kappa shape index (κ1) is 19.5. The summed E-state index contributed by atoms with van der Waals surface area (Å²) in [5.74, 6) is 0.783. The van der Waals surface area contributed by atoms with E-state index in [0.717, 1.165) is 43.9 Å². The summed E-state index contributed by atoms with van der Waals surface area (Å²) in [4.78, 5) is 13.8. The van der Waals surface area contributed by atoms with Crippen LogP contribution in [-0.2, 0) is 9.31 Å². The van der Waals surface area contributed by atoms with E-state index in [9.17, 15) is 0 Å². The maximum atomic E-state index is 6.07. The van der Waals surface area contributed by atoms with Crippen molar-refractivity contribution in [2.24, 2.45) is 5.73 Å². The maximum Gasteiger partial charge on any atom is 0.498 e. The summed E-state index contributed by atoms with van der Waals surface area (Å²) in [6.07, 6.45) is 5.88. The molecule has 0 radical (unpaired) electrons. The molecule has 3 heterocycles. The average molecular weight is 361 g/mol. The van der Waals surface area contributed by atoms with Gasteiger partial charge in [0.25, 0.3) is 0 Å². The van der Waals surface area contributed by atoms with E-state index in [1.54, 1.807) is 0 Å². The lowest BCUT2D eigenvalue weighted by Crippen LogP contribution is -2.45. The predicted molar refractivity (Wildman–Crippen MR) is 105 cm³/mol. The Morgan fingerprint density at radius 2 is 1.69 bits per heavy atom. The third-order valence-corrected chi connectivity index (χ3v) is 6.04. The van der Waals surface area contributed by atoms with Gasteiger partial charge in [0.1, 0.15) is 0 Å². The third kappa shape index (κ3) is 3.88. The van der Waals surface area contributed by atoms with Crippen molar-refractivity contribution in [2.45, 2.75) is 57.8 Å². The summed E-state index contributed by atoms with van der Waals surface area (Å²) >= 11 is 0. The highest BCUT2D eigenvalue weighted by atomic mass is 16.7. The van der Waals surface area contributed by atoms with E-state index in [-0.39, 0.29) is 11.2 Å². The van der Waals surface area contributed by atoms with Crippen LogP contribution in [0.3, 0.4) is 0 Å². The molecule has 0 atom stereocenters. The second-order valence-corrected chi connectivity index (χ2v) is 8.39. The van der Waals surface area contributed by atoms with Gasteiger partial charge in [-0.25, -0.2) is 9.97 Å². The van der Waals surface area contributed by atoms with Crippen LogP contribution in [0.1, 0.15) is 40.5 Å². The summed E-state index contributed by atoms with van der Waals surface area (Å²) in [5.41, 5.74) is 5.82. The molecule has 0 bridgehead atoms. The molecule has 0 amide bonds. The molecule has 1 aromatic rings. The van der Waals surface area contributed by atoms with E-state index in [0.29, 0.717) is 12.6 Å². The minimum atomic E-state index is -0.412. The van der Waals surface area contributed by atoms with Crippen LogP contribution in [0.15, 0.2) is 12.4 Å². The van der Waals surface area contributed by atoms with Crippen molar-refractivity contribution in [3.63, 3.8) is 0 Å². The highest BCUT2D eigenvalue weighted by molar-refractivity contribution is 6.61. The second-order valence-electron chi connectivity index (χ2n) is 8.39. The number of nitrogens with zero attached hydrogens (tertiary/aromatic N) is 4. The Bertz CT molecular complexity index is 586. The lowest BCUT2D eigenvalue weighted by atomic mass is 9.81. The molecule has 8 heteroatoms. The van der Waals surface area contributed by atoms with Crippen LogP contribution in [0.4, 0.5) is 5.95 Å². The molecule has 0 unspecified atom stereocenters. The Morgan fingerprint density at radius 1 is 1.15 bits per heavy atom. The van der Waals surface area contributed by atoms with E-state index in [1.165, 1.54) is 0 Å². The maximum absolute atomic E-state index is 6.07. The van der Waals surface area contributed by atoms with Crippen molar-refractivity contribution in [3.05, 3.63) is 12.4 Å². The number of piperidine rings is 1. The molecule has 0 aromatic carbocycles. The van der Waals surface area contributed by atoms with Crippen LogP contribution in [0, 0.1) is 0 Å². The van der Waals surface area contributed by atoms with Gasteiger partial charge in [0, 0.05) is 50.1 Å². The highest BCUT2D eigenvalue weighted by Gasteiger charge is 2.52. The SMILES string of the molecule is CN(CCN)C1CCN(c2ncc(B3OC(C)(C)C(C)(C)O3)cn2)CC1. The molecule has 7 nitrogen and oxygen atoms in total. The van der Waals surface area contributed by atoms with Crippen molar-refractivity contribution in [1.82, 2.24) is 14.9 Å². The van der Waals surface area contributed by atoms with Gasteiger partial charge in [-0.15, -0.1) is 0 Å². The van der Waals surface area contributed by atoms with E-state index < -0.39 is 7.12 Å². The first-order valence-corrected chi connectivity index (χ1v) is 9.56. The smallest absolute Gasteiger partial charge is 0.399 e. The van der Waals surface area contributed by atoms with Gasteiger partial charge in [-0.3, -0.25) is 0 Å². The van der Waals surface area contributed by atoms with Crippen LogP contribution < -0.4 is 16.1 Å². The zero-order valence-electron chi connectivity index (χ0n) is 16.7. The lowest BCUT2D eigenvalue weighted by molar-refractivity contribution is 0.00578. The van der Waals surface area contributed by atoms with Crippen LogP contribution in [0.5, 0.6) is 0 Å². The van der Waals surface area contributed by atoms with Crippen molar-refractivity contribution >= 4 is 18.5 Å². The van der Waals surface area contributed by atoms with Gasteiger partial charge >= 0.3 is 7.12 Å². The molecule has 2 N–H and O–H groups in total. The Morgan fingerprint density at radius 3 is 2.19 bits per heavy atom. The third-order valence-electron chi connectivity index (χ3n) is 6.04. The fraction of sp³-hybridized carbons (Fsp3) is 0.778. The Hall–Kier alpha value is -1.22. The first-order chi connectivity index (χ1) is 12.2. The zero-order valence-corrected chi connectivity index (χ0v) is 16.7. The molecule has 144 valence electrons. The van der Waals surface area contributed by atoms with Crippen molar-refractivity contribution in [3.8, 4) is 0 Å². The monoisotopic (exact) mass is 361 g/mol. The highest BCUT2D eigenvalue weighted by Crippen LogP contribution is 2.36. The topological polar surface area (TPSA) is 76.7 Å². The number of likely N-dealkylation sites (N-methyl/N-ethyl adjacent to an activating group) is 1. The summed E-state index contributed by atoms with van der Waals surface area (Å²) in [7, 11) is 1.74. The molecule has 2 saturated heterocycles. The second kappa shape index (κ2) is 7.42. The molecule has 2 aliphatic rings. The zero-order chi connectivity index (χ0) is 18.9. The van der Waals surface area contributed by atoms with Gasteiger partial charge in [0.2, 0.25) is 5.95 Å². The number of rotatable bonds is 5. The molecule has 0 aliphatic carbocycles. The molecule has 2 aliphatic heterocycles. The number of nitrogens with two attached hydrogens (primary N) is 1. The van der Waals surface area contributed by atoms with Gasteiger partial charge in [-0.1, -0.05) is 0 Å². The molecule has 3 rings (SSSR count). The predicted octanol–water partition coefficient (Wildman–Crippen LogP) is 0.635. The van der Waals surface area contributed by atoms with E-state index in [4.69, 9.17) is 15.0 Å². The van der Waals surface area contributed by atoms with E-state index in [1.807, 2.05) is 40.1 Å². The number of aromatic nitrogens is 2. The first-order valence-electron chi connectivity index (χ1n) is 9.56. The van der Waals surface area contributed by atoms with Crippen molar-refractivity contribution in [1.29, 1.82) is 0 Å². The lowest BCUT2D eigenvalue weighted by Gasteiger charge is -2.36. The van der Waals surface area contributed by atoms with Crippen molar-refractivity contribution < 1.29 is 9.31 Å². The van der Waals surface area contributed by atoms with Gasteiger partial charge in [-0.05, 0) is 47.6 Å². The Labute approximate surface area is 157 Å². The standard InChI is InChI=1S/C18H32BN5O2/c1-17(2)18(3,4)26-19(25-17)14-12-21-16(22-13-14)24-9-6-15(7-10-24)23(5)11-8-20/h12-13,15H,6-11,20H2,1-5H3. The molecule has 0 spiro atoms. The average Bonchev–Trinajstić information content (AvgIpc) is 2.83. The molecule has 1 aromatic heterocycles. The van der Waals surface area contributed by atoms with Gasteiger partial charge in [-0.2, -0.15) is 0 Å². The van der Waals surface area contributed by atoms with Crippen LogP contribution >= 0.6 is 0 Å². The van der Waals surface area contributed by atoms with Crippen LogP contribution in [-0.4, -0.2) is 72.5 Å². The largest absolute Gasteiger partial charge is 0.498 e. The minimum Gasteiger partial charge on any atom is -0.399 e. The number of anilines is 1. The number of hydrogen-bond acceptors (Lipinski definition) is 7. The Kier molecular flexibility index (Phi) is 5.58. The van der Waals surface area contributed by atoms with Crippen LogP contribution in [0.2, 0.25) is 0 Å². The van der Waals surface area contributed by atoms with E-state index in [2.05, 4.69) is 26.8 Å².